The second-order valence-corrected chi connectivity index (χ2v) is 5.88. The number of carbonyl (C=O) groups excluding carboxylic acids is 1. The summed E-state index contributed by atoms with van der Waals surface area (Å²) >= 11 is 0. The van der Waals surface area contributed by atoms with E-state index >= 15 is 0 Å². The highest BCUT2D eigenvalue weighted by Gasteiger charge is 2.06. The number of esters is 1. The molecule has 0 aliphatic rings. The second kappa shape index (κ2) is 9.28. The molecule has 0 aliphatic carbocycles. The molecule has 1 rings (SSSR count). The van der Waals surface area contributed by atoms with E-state index in [-0.39, 0.29) is 10.9 Å². The van der Waals surface area contributed by atoms with E-state index in [9.17, 15) is 13.2 Å². The maximum Gasteiger partial charge on any atom is 0.330 e. The quantitative estimate of drug-likeness (QED) is 0.504. The number of likely N-dealkylation sites (N-methyl/N-ethyl adjacent to an activating group) is 1. The summed E-state index contributed by atoms with van der Waals surface area (Å²) in [5.74, 6) is -0.359. The molecule has 0 heterocycles. The number of ether oxygens (including phenoxy) is 1. The normalized spacial score (nSPS) is 10.5. The molecule has 0 unspecified atom stereocenters. The van der Waals surface area contributed by atoms with Gasteiger partial charge in [-0.2, -0.15) is 8.42 Å². The van der Waals surface area contributed by atoms with E-state index in [0.29, 0.717) is 6.61 Å². The number of hydrogen-bond donors (Lipinski definition) is 1. The molecule has 1 aromatic carbocycles. The van der Waals surface area contributed by atoms with Crippen LogP contribution in [0, 0.1) is 6.92 Å². The molecular weight excluding hydrogens is 294 g/mol. The van der Waals surface area contributed by atoms with Crippen LogP contribution in [0.4, 0.5) is 0 Å². The van der Waals surface area contributed by atoms with Crippen LogP contribution in [0.3, 0.4) is 0 Å². The van der Waals surface area contributed by atoms with Crippen molar-refractivity contribution in [1.29, 1.82) is 0 Å². The van der Waals surface area contributed by atoms with Gasteiger partial charge in [-0.05, 0) is 33.2 Å². The summed E-state index contributed by atoms with van der Waals surface area (Å²) in [6.07, 6.45) is 1.16. The van der Waals surface area contributed by atoms with Crippen molar-refractivity contribution < 1.29 is 22.5 Å². The third-order valence-corrected chi connectivity index (χ3v) is 3.14. The smallest absolute Gasteiger partial charge is 0.330 e. The highest BCUT2D eigenvalue weighted by Crippen LogP contribution is 2.08. The summed E-state index contributed by atoms with van der Waals surface area (Å²) in [5, 5.41) is 0. The van der Waals surface area contributed by atoms with Gasteiger partial charge >= 0.3 is 5.97 Å². The Labute approximate surface area is 125 Å². The number of aryl methyl sites for hydroxylation is 1. The van der Waals surface area contributed by atoms with Gasteiger partial charge in [0.1, 0.15) is 6.61 Å². The number of rotatable bonds is 5. The summed E-state index contributed by atoms with van der Waals surface area (Å²) in [7, 11) is -0.183. The van der Waals surface area contributed by atoms with Crippen LogP contribution in [0.1, 0.15) is 5.56 Å². The lowest BCUT2D eigenvalue weighted by molar-refractivity contribution is -0.137. The fourth-order valence-electron chi connectivity index (χ4n) is 1.10. The zero-order valence-corrected chi connectivity index (χ0v) is 13.3. The van der Waals surface area contributed by atoms with Gasteiger partial charge in [-0.1, -0.05) is 24.3 Å². The van der Waals surface area contributed by atoms with Crippen LogP contribution >= 0.6 is 0 Å². The molecule has 0 bridgehead atoms. The minimum Gasteiger partial charge on any atom is -0.461 e. The van der Waals surface area contributed by atoms with Crippen molar-refractivity contribution in [2.24, 2.45) is 0 Å². The second-order valence-electron chi connectivity index (χ2n) is 4.46. The molecule has 0 saturated carbocycles. The molecule has 0 aromatic heterocycles. The predicted molar refractivity (Wildman–Crippen MR) is 80.7 cm³/mol. The topological polar surface area (TPSA) is 83.9 Å². The zero-order valence-electron chi connectivity index (χ0n) is 12.4. The first kappa shape index (κ1) is 19.3. The lowest BCUT2D eigenvalue weighted by atomic mass is 10.2. The summed E-state index contributed by atoms with van der Waals surface area (Å²) < 4.78 is 34.3. The fourth-order valence-corrected chi connectivity index (χ4v) is 1.58. The van der Waals surface area contributed by atoms with Gasteiger partial charge in [0.25, 0.3) is 10.1 Å². The van der Waals surface area contributed by atoms with Crippen LogP contribution in [0.5, 0.6) is 0 Å². The number of benzene rings is 1. The molecule has 6 nitrogen and oxygen atoms in total. The van der Waals surface area contributed by atoms with Crippen molar-refractivity contribution in [3.8, 4) is 0 Å². The van der Waals surface area contributed by atoms with Gasteiger partial charge in [0.05, 0.1) is 4.90 Å². The lowest BCUT2D eigenvalue weighted by Crippen LogP contribution is -2.19. The maximum atomic E-state index is 10.5. The average Bonchev–Trinajstić information content (AvgIpc) is 2.38. The number of nitrogens with zero attached hydrogens (tertiary/aromatic N) is 1. The van der Waals surface area contributed by atoms with Crippen LogP contribution < -0.4 is 0 Å². The Hall–Kier alpha value is -1.70. The standard InChI is InChI=1S/C7H13NO2.C7H8O3S/c1-4-7(9)10-6-5-8(2)3;1-6-2-4-7(5-3-6)11(8,9)10/h4H,1,5-6H2,2-3H3;2-5H,1H3,(H,8,9,10). The molecule has 7 heteroatoms. The first-order valence-electron chi connectivity index (χ1n) is 6.15. The molecule has 1 N–H and O–H groups in total. The largest absolute Gasteiger partial charge is 0.461 e. The SMILES string of the molecule is C=CC(=O)OCCN(C)C.Cc1ccc(S(=O)(=O)O)cc1. The van der Waals surface area contributed by atoms with Crippen LogP contribution in [-0.4, -0.2) is 51.1 Å². The van der Waals surface area contributed by atoms with Crippen molar-refractivity contribution in [2.75, 3.05) is 27.2 Å². The molecule has 0 saturated heterocycles. The van der Waals surface area contributed by atoms with Crippen molar-refractivity contribution >= 4 is 16.1 Å². The highest BCUT2D eigenvalue weighted by molar-refractivity contribution is 7.85. The fraction of sp³-hybridized carbons (Fsp3) is 0.357. The van der Waals surface area contributed by atoms with Gasteiger partial charge in [0.15, 0.2) is 0 Å². The lowest BCUT2D eigenvalue weighted by Gasteiger charge is -2.07. The first-order valence-corrected chi connectivity index (χ1v) is 7.59. The minimum atomic E-state index is -4.02. The molecule has 0 amide bonds. The van der Waals surface area contributed by atoms with Crippen LogP contribution in [0.25, 0.3) is 0 Å². The predicted octanol–water partition coefficient (Wildman–Crippen LogP) is 1.52. The van der Waals surface area contributed by atoms with E-state index in [2.05, 4.69) is 6.58 Å². The van der Waals surface area contributed by atoms with Crippen molar-refractivity contribution in [1.82, 2.24) is 4.90 Å². The molecular formula is C14H21NO5S. The van der Waals surface area contributed by atoms with Crippen molar-refractivity contribution in [3.63, 3.8) is 0 Å². The maximum absolute atomic E-state index is 10.5. The Morgan fingerprint density at radius 3 is 2.24 bits per heavy atom. The molecule has 0 aliphatic heterocycles. The van der Waals surface area contributed by atoms with Gasteiger partial charge in [-0.3, -0.25) is 4.55 Å². The van der Waals surface area contributed by atoms with Crippen LogP contribution in [0.15, 0.2) is 41.8 Å². The monoisotopic (exact) mass is 315 g/mol. The van der Waals surface area contributed by atoms with E-state index in [1.807, 2.05) is 25.9 Å². The van der Waals surface area contributed by atoms with E-state index in [4.69, 9.17) is 9.29 Å². The Kier molecular flexibility index (Phi) is 8.52. The summed E-state index contributed by atoms with van der Waals surface area (Å²) in [6, 6.07) is 5.99. The van der Waals surface area contributed by atoms with Crippen molar-refractivity contribution in [2.45, 2.75) is 11.8 Å². The number of carbonyl (C=O) groups is 1. The Morgan fingerprint density at radius 1 is 1.33 bits per heavy atom. The molecule has 118 valence electrons. The molecule has 0 radical (unpaired) electrons. The Balaban J connectivity index is 0.000000384. The summed E-state index contributed by atoms with van der Waals surface area (Å²) in [6.45, 7) is 6.29. The number of hydrogen-bond acceptors (Lipinski definition) is 5. The molecule has 1 aromatic rings. The van der Waals surface area contributed by atoms with Gasteiger partial charge in [-0.15, -0.1) is 0 Å². The van der Waals surface area contributed by atoms with Gasteiger partial charge in [-0.25, -0.2) is 4.79 Å². The minimum absolute atomic E-state index is 0.0666. The van der Waals surface area contributed by atoms with Crippen LogP contribution in [0.2, 0.25) is 0 Å². The third kappa shape index (κ3) is 9.78. The third-order valence-electron chi connectivity index (χ3n) is 2.27. The van der Waals surface area contributed by atoms with Gasteiger partial charge in [0.2, 0.25) is 0 Å². The summed E-state index contributed by atoms with van der Waals surface area (Å²) in [5.41, 5.74) is 0.956. The Bertz CT molecular complexity index is 549. The van der Waals surface area contributed by atoms with Gasteiger partial charge < -0.3 is 9.64 Å². The van der Waals surface area contributed by atoms with Crippen molar-refractivity contribution in [3.05, 3.63) is 42.5 Å². The van der Waals surface area contributed by atoms with E-state index in [1.165, 1.54) is 12.1 Å². The molecule has 0 atom stereocenters. The first-order chi connectivity index (χ1) is 9.66. The molecule has 0 spiro atoms. The summed E-state index contributed by atoms with van der Waals surface area (Å²) in [4.78, 5) is 12.3. The van der Waals surface area contributed by atoms with E-state index in [0.717, 1.165) is 18.2 Å². The van der Waals surface area contributed by atoms with Crippen LogP contribution in [-0.2, 0) is 19.6 Å². The molecule has 21 heavy (non-hydrogen) atoms. The average molecular weight is 315 g/mol. The zero-order chi connectivity index (χ0) is 16.5. The van der Waals surface area contributed by atoms with E-state index < -0.39 is 10.1 Å². The molecule has 0 fully saturated rings. The highest BCUT2D eigenvalue weighted by atomic mass is 32.2. The van der Waals surface area contributed by atoms with Gasteiger partial charge in [0, 0.05) is 12.6 Å². The Morgan fingerprint density at radius 2 is 1.86 bits per heavy atom. The van der Waals surface area contributed by atoms with E-state index in [1.54, 1.807) is 12.1 Å².